The summed E-state index contributed by atoms with van der Waals surface area (Å²) in [6.45, 7) is 7.64. The van der Waals surface area contributed by atoms with Crippen LogP contribution in [0, 0.1) is 0 Å². The zero-order valence-electron chi connectivity index (χ0n) is 12.4. The molecule has 6 heteroatoms. The van der Waals surface area contributed by atoms with Crippen LogP contribution in [0.2, 0.25) is 0 Å². The van der Waals surface area contributed by atoms with Gasteiger partial charge in [0.2, 0.25) is 0 Å². The van der Waals surface area contributed by atoms with E-state index in [-0.39, 0.29) is 18.3 Å². The van der Waals surface area contributed by atoms with Crippen molar-refractivity contribution in [2.24, 2.45) is 0 Å². The highest BCUT2D eigenvalue weighted by molar-refractivity contribution is 4.99. The lowest BCUT2D eigenvalue weighted by atomic mass is 10.1. The number of fused-ring (bicyclic) bond motifs is 1. The summed E-state index contributed by atoms with van der Waals surface area (Å²) in [7, 11) is 0. The lowest BCUT2D eigenvalue weighted by Crippen LogP contribution is -2.53. The molecule has 3 rings (SSSR count). The Bertz CT molecular complexity index is 472. The van der Waals surface area contributed by atoms with Gasteiger partial charge in [-0.3, -0.25) is 4.90 Å². The maximum atomic E-state index is 9.37. The third-order valence-corrected chi connectivity index (χ3v) is 4.06. The Labute approximate surface area is 119 Å². The summed E-state index contributed by atoms with van der Waals surface area (Å²) < 4.78 is 8.11. The molecule has 1 atom stereocenters. The van der Waals surface area contributed by atoms with Crippen LogP contribution in [0.3, 0.4) is 0 Å². The van der Waals surface area contributed by atoms with Gasteiger partial charge in [0.15, 0.2) is 0 Å². The third-order valence-electron chi connectivity index (χ3n) is 4.06. The van der Waals surface area contributed by atoms with E-state index in [1.807, 2.05) is 0 Å². The Morgan fingerprint density at radius 1 is 1.35 bits per heavy atom. The fourth-order valence-corrected chi connectivity index (χ4v) is 3.32. The van der Waals surface area contributed by atoms with Gasteiger partial charge in [-0.2, -0.15) is 0 Å². The van der Waals surface area contributed by atoms with E-state index in [2.05, 4.69) is 33.5 Å². The molecule has 112 valence electrons. The number of rotatable bonds is 3. The first-order valence-corrected chi connectivity index (χ1v) is 7.49. The zero-order chi connectivity index (χ0) is 14.2. The van der Waals surface area contributed by atoms with Crippen LogP contribution in [0.5, 0.6) is 0 Å². The van der Waals surface area contributed by atoms with Gasteiger partial charge >= 0.3 is 0 Å². The van der Waals surface area contributed by atoms with E-state index in [9.17, 15) is 5.11 Å². The minimum Gasteiger partial charge on any atom is -0.394 e. The molecule has 2 aliphatic heterocycles. The van der Waals surface area contributed by atoms with E-state index in [4.69, 9.17) is 4.74 Å². The number of hydrogen-bond acceptors (Lipinski definition) is 5. The van der Waals surface area contributed by atoms with Crippen LogP contribution in [0.4, 0.5) is 0 Å². The minimum absolute atomic E-state index is 0.0673. The first kappa shape index (κ1) is 14.0. The topological polar surface area (TPSA) is 63.4 Å². The van der Waals surface area contributed by atoms with Gasteiger partial charge in [0.25, 0.3) is 0 Å². The van der Waals surface area contributed by atoms with Crippen LogP contribution in [0.25, 0.3) is 0 Å². The van der Waals surface area contributed by atoms with E-state index in [1.54, 1.807) is 0 Å². The summed E-state index contributed by atoms with van der Waals surface area (Å²) in [5.74, 6) is 2.17. The molecule has 0 saturated carbocycles. The highest BCUT2D eigenvalue weighted by Crippen LogP contribution is 2.23. The number of hydrogen-bond donors (Lipinski definition) is 1. The molecule has 0 bridgehead atoms. The highest BCUT2D eigenvalue weighted by Gasteiger charge is 2.33. The van der Waals surface area contributed by atoms with Crippen molar-refractivity contribution >= 4 is 0 Å². The first-order chi connectivity index (χ1) is 9.57. The van der Waals surface area contributed by atoms with E-state index >= 15 is 0 Å². The van der Waals surface area contributed by atoms with Crippen molar-refractivity contribution in [1.29, 1.82) is 0 Å². The van der Waals surface area contributed by atoms with Gasteiger partial charge in [-0.15, -0.1) is 10.2 Å². The number of nitrogens with zero attached hydrogens (tertiary/aromatic N) is 4. The van der Waals surface area contributed by atoms with Crippen molar-refractivity contribution in [1.82, 2.24) is 19.7 Å². The minimum atomic E-state index is -0.226. The second-order valence-corrected chi connectivity index (χ2v) is 6.49. The summed E-state index contributed by atoms with van der Waals surface area (Å²) in [4.78, 5) is 2.32. The second-order valence-electron chi connectivity index (χ2n) is 6.49. The Kier molecular flexibility index (Phi) is 3.79. The summed E-state index contributed by atoms with van der Waals surface area (Å²) in [5, 5.41) is 18.0. The maximum Gasteiger partial charge on any atom is 0.147 e. The molecule has 1 saturated heterocycles. The largest absolute Gasteiger partial charge is 0.394 e. The van der Waals surface area contributed by atoms with E-state index < -0.39 is 0 Å². The molecule has 1 fully saturated rings. The van der Waals surface area contributed by atoms with Crippen molar-refractivity contribution in [2.45, 2.75) is 57.9 Å². The fraction of sp³-hybridized carbons (Fsp3) is 0.857. The molecular weight excluding hydrogens is 256 g/mol. The van der Waals surface area contributed by atoms with Crippen molar-refractivity contribution in [3.63, 3.8) is 0 Å². The Balaban J connectivity index is 1.72. The maximum absolute atomic E-state index is 9.37. The molecule has 1 aromatic rings. The zero-order valence-corrected chi connectivity index (χ0v) is 12.4. The van der Waals surface area contributed by atoms with Gasteiger partial charge in [-0.05, 0) is 26.7 Å². The Morgan fingerprint density at radius 2 is 2.20 bits per heavy atom. The lowest BCUT2D eigenvalue weighted by molar-refractivity contribution is -0.151. The average molecular weight is 280 g/mol. The number of aromatic nitrogens is 3. The molecule has 6 nitrogen and oxygen atoms in total. The number of aryl methyl sites for hydroxylation is 1. The van der Waals surface area contributed by atoms with E-state index in [0.29, 0.717) is 0 Å². The predicted octanol–water partition coefficient (Wildman–Crippen LogP) is 0.586. The molecule has 0 amide bonds. The van der Waals surface area contributed by atoms with E-state index in [0.717, 1.165) is 44.2 Å². The molecule has 0 aliphatic carbocycles. The molecule has 2 aliphatic rings. The van der Waals surface area contributed by atoms with Gasteiger partial charge < -0.3 is 14.4 Å². The molecular formula is C14H24N4O2. The SMILES string of the molecule is CC1(C)CN(Cc2nnc3n2CCCC3)CC(CO)O1. The van der Waals surface area contributed by atoms with Crippen LogP contribution in [0.15, 0.2) is 0 Å². The summed E-state index contributed by atoms with van der Waals surface area (Å²) in [6.07, 6.45) is 3.37. The van der Waals surface area contributed by atoms with Crippen LogP contribution in [0.1, 0.15) is 38.3 Å². The van der Waals surface area contributed by atoms with Gasteiger partial charge in [-0.25, -0.2) is 0 Å². The molecule has 1 aromatic heterocycles. The number of aliphatic hydroxyl groups excluding tert-OH is 1. The standard InChI is InChI=1S/C14H24N4O2/c1-14(2)10-17(7-11(9-19)20-14)8-13-16-15-12-5-3-4-6-18(12)13/h11,19H,3-10H2,1-2H3. The van der Waals surface area contributed by atoms with Crippen molar-refractivity contribution in [2.75, 3.05) is 19.7 Å². The molecule has 0 aromatic carbocycles. The predicted molar refractivity (Wildman–Crippen MR) is 74.3 cm³/mol. The highest BCUT2D eigenvalue weighted by atomic mass is 16.5. The Hall–Kier alpha value is -0.980. The first-order valence-electron chi connectivity index (χ1n) is 7.49. The van der Waals surface area contributed by atoms with Crippen LogP contribution >= 0.6 is 0 Å². The third kappa shape index (κ3) is 2.87. The average Bonchev–Trinajstić information content (AvgIpc) is 2.80. The molecule has 0 spiro atoms. The van der Waals surface area contributed by atoms with Crippen molar-refractivity contribution in [3.8, 4) is 0 Å². The van der Waals surface area contributed by atoms with E-state index in [1.165, 1.54) is 12.8 Å². The fourth-order valence-electron chi connectivity index (χ4n) is 3.32. The number of morpholine rings is 1. The smallest absolute Gasteiger partial charge is 0.147 e. The van der Waals surface area contributed by atoms with Gasteiger partial charge in [-0.1, -0.05) is 0 Å². The second kappa shape index (κ2) is 5.42. The lowest BCUT2D eigenvalue weighted by Gasteiger charge is -2.42. The molecule has 20 heavy (non-hydrogen) atoms. The molecule has 1 N–H and O–H groups in total. The number of ether oxygens (including phenoxy) is 1. The molecule has 0 radical (unpaired) electrons. The van der Waals surface area contributed by atoms with Gasteiger partial charge in [0.1, 0.15) is 11.6 Å². The normalized spacial score (nSPS) is 26.4. The Morgan fingerprint density at radius 3 is 3.00 bits per heavy atom. The molecule has 1 unspecified atom stereocenters. The quantitative estimate of drug-likeness (QED) is 0.878. The summed E-state index contributed by atoms with van der Waals surface area (Å²) in [6, 6.07) is 0. The van der Waals surface area contributed by atoms with Crippen LogP contribution in [-0.4, -0.2) is 56.2 Å². The van der Waals surface area contributed by atoms with Gasteiger partial charge in [0, 0.05) is 26.1 Å². The van der Waals surface area contributed by atoms with Gasteiger partial charge in [0.05, 0.1) is 24.9 Å². The van der Waals surface area contributed by atoms with Crippen LogP contribution in [-0.2, 0) is 24.2 Å². The monoisotopic (exact) mass is 280 g/mol. The van der Waals surface area contributed by atoms with Crippen molar-refractivity contribution < 1.29 is 9.84 Å². The van der Waals surface area contributed by atoms with Crippen LogP contribution < -0.4 is 0 Å². The molecule has 3 heterocycles. The number of aliphatic hydroxyl groups is 1. The summed E-state index contributed by atoms with van der Waals surface area (Å²) in [5.41, 5.74) is -0.226. The summed E-state index contributed by atoms with van der Waals surface area (Å²) >= 11 is 0. The van der Waals surface area contributed by atoms with Crippen molar-refractivity contribution in [3.05, 3.63) is 11.6 Å².